The largest absolute Gasteiger partial charge is 0.383 e. The molecule has 0 spiro atoms. The average molecular weight is 276 g/mol. The second kappa shape index (κ2) is 17.8. The van der Waals surface area contributed by atoms with Gasteiger partial charge in [-0.05, 0) is 6.92 Å². The summed E-state index contributed by atoms with van der Waals surface area (Å²) in [4.78, 5) is 4.93. The van der Waals surface area contributed by atoms with E-state index in [1.807, 2.05) is 34.6 Å². The van der Waals surface area contributed by atoms with Gasteiger partial charge in [-0.3, -0.25) is 9.80 Å². The van der Waals surface area contributed by atoms with Crippen LogP contribution in [0.25, 0.3) is 0 Å². The van der Waals surface area contributed by atoms with Crippen LogP contribution >= 0.6 is 0 Å². The minimum Gasteiger partial charge on any atom is -0.383 e. The summed E-state index contributed by atoms with van der Waals surface area (Å²) in [5.74, 6) is 0. The van der Waals surface area contributed by atoms with Crippen molar-refractivity contribution in [3.8, 4) is 0 Å². The van der Waals surface area contributed by atoms with Crippen molar-refractivity contribution in [3.63, 3.8) is 0 Å². The van der Waals surface area contributed by atoms with Crippen LogP contribution in [0, 0.1) is 0 Å². The number of piperazine rings is 1. The van der Waals surface area contributed by atoms with Crippen molar-refractivity contribution in [3.05, 3.63) is 0 Å². The summed E-state index contributed by atoms with van der Waals surface area (Å²) < 4.78 is 10.4. The lowest BCUT2D eigenvalue weighted by Gasteiger charge is -2.34. The zero-order valence-corrected chi connectivity index (χ0v) is 14.1. The molecule has 4 nitrogen and oxygen atoms in total. The molecule has 118 valence electrons. The zero-order chi connectivity index (χ0) is 14.9. The summed E-state index contributed by atoms with van der Waals surface area (Å²) in [6, 6.07) is 0. The van der Waals surface area contributed by atoms with E-state index in [9.17, 15) is 0 Å². The van der Waals surface area contributed by atoms with E-state index in [4.69, 9.17) is 9.47 Å². The molecule has 0 radical (unpaired) electrons. The highest BCUT2D eigenvalue weighted by Crippen LogP contribution is 2.00. The summed E-state index contributed by atoms with van der Waals surface area (Å²) in [6.07, 6.45) is 0. The van der Waals surface area contributed by atoms with Gasteiger partial charge in [-0.15, -0.1) is 0 Å². The molecule has 0 aromatic heterocycles. The van der Waals surface area contributed by atoms with E-state index in [0.29, 0.717) is 0 Å². The molecule has 4 heteroatoms. The monoisotopic (exact) mass is 276 g/mol. The normalized spacial score (nSPS) is 16.1. The van der Waals surface area contributed by atoms with E-state index in [-0.39, 0.29) is 0 Å². The predicted octanol–water partition coefficient (Wildman–Crippen LogP) is 2.34. The van der Waals surface area contributed by atoms with Crippen LogP contribution in [-0.2, 0) is 9.47 Å². The van der Waals surface area contributed by atoms with Crippen LogP contribution in [0.2, 0.25) is 0 Å². The van der Waals surface area contributed by atoms with Gasteiger partial charge >= 0.3 is 0 Å². The first-order valence-corrected chi connectivity index (χ1v) is 7.88. The summed E-state index contributed by atoms with van der Waals surface area (Å²) in [7, 11) is 1.76. The van der Waals surface area contributed by atoms with E-state index >= 15 is 0 Å². The first kappa shape index (κ1) is 21.1. The van der Waals surface area contributed by atoms with Crippen LogP contribution in [0.3, 0.4) is 0 Å². The molecule has 1 aliphatic rings. The highest BCUT2D eigenvalue weighted by Gasteiger charge is 2.15. The molecule has 1 saturated heterocycles. The molecule has 0 aliphatic carbocycles. The van der Waals surface area contributed by atoms with Crippen molar-refractivity contribution in [2.24, 2.45) is 0 Å². The number of ether oxygens (including phenoxy) is 2. The van der Waals surface area contributed by atoms with Crippen molar-refractivity contribution >= 4 is 0 Å². The maximum Gasteiger partial charge on any atom is 0.0593 e. The summed E-state index contributed by atoms with van der Waals surface area (Å²) in [6.45, 7) is 19.4. The van der Waals surface area contributed by atoms with Crippen LogP contribution in [0.15, 0.2) is 0 Å². The first-order chi connectivity index (χ1) is 9.36. The molecule has 0 aromatic rings. The third-order valence-electron chi connectivity index (χ3n) is 2.83. The second-order valence-corrected chi connectivity index (χ2v) is 3.87. The van der Waals surface area contributed by atoms with Gasteiger partial charge in [0.1, 0.15) is 0 Å². The Morgan fingerprint density at radius 3 is 1.58 bits per heavy atom. The minimum atomic E-state index is 0.827. The van der Waals surface area contributed by atoms with E-state index in [1.54, 1.807) is 7.11 Å². The van der Waals surface area contributed by atoms with Crippen molar-refractivity contribution in [2.45, 2.75) is 34.6 Å². The van der Waals surface area contributed by atoms with Crippen LogP contribution in [0.5, 0.6) is 0 Å². The highest BCUT2D eigenvalue weighted by molar-refractivity contribution is 4.71. The van der Waals surface area contributed by atoms with Gasteiger partial charge in [0.25, 0.3) is 0 Å². The number of rotatable bonds is 7. The standard InChI is InChI=1S/C11H24N2O2.2C2H6/c1-3-15-11-9-13-6-4-12(5-7-13)8-10-14-2;2*1-2/h3-11H2,1-2H3;2*1-2H3. The van der Waals surface area contributed by atoms with Gasteiger partial charge in [0.2, 0.25) is 0 Å². The third kappa shape index (κ3) is 12.6. The molecule has 0 N–H and O–H groups in total. The first-order valence-electron chi connectivity index (χ1n) is 7.88. The Labute approximate surface area is 121 Å². The Morgan fingerprint density at radius 1 is 0.789 bits per heavy atom. The summed E-state index contributed by atoms with van der Waals surface area (Å²) in [5, 5.41) is 0. The van der Waals surface area contributed by atoms with Gasteiger partial charge in [-0.25, -0.2) is 0 Å². The van der Waals surface area contributed by atoms with Crippen molar-refractivity contribution < 1.29 is 9.47 Å². The van der Waals surface area contributed by atoms with Gasteiger partial charge in [-0.1, -0.05) is 27.7 Å². The number of hydrogen-bond acceptors (Lipinski definition) is 4. The fourth-order valence-electron chi connectivity index (χ4n) is 1.79. The molecule has 0 saturated carbocycles. The summed E-state index contributed by atoms with van der Waals surface area (Å²) >= 11 is 0. The molecule has 1 heterocycles. The number of nitrogens with zero attached hydrogens (tertiary/aromatic N) is 2. The fourth-order valence-corrected chi connectivity index (χ4v) is 1.79. The molecule has 1 aliphatic heterocycles. The van der Waals surface area contributed by atoms with Gasteiger partial charge in [-0.2, -0.15) is 0 Å². The topological polar surface area (TPSA) is 24.9 Å². The third-order valence-corrected chi connectivity index (χ3v) is 2.83. The van der Waals surface area contributed by atoms with Crippen molar-refractivity contribution in [2.75, 3.05) is 66.2 Å². The van der Waals surface area contributed by atoms with Gasteiger partial charge < -0.3 is 9.47 Å². The van der Waals surface area contributed by atoms with Crippen molar-refractivity contribution in [1.29, 1.82) is 0 Å². The predicted molar refractivity (Wildman–Crippen MR) is 83.9 cm³/mol. The Hall–Kier alpha value is -0.160. The molecule has 0 unspecified atom stereocenters. The van der Waals surface area contributed by atoms with Crippen LogP contribution in [0.1, 0.15) is 34.6 Å². The molecule has 1 fully saturated rings. The zero-order valence-electron chi connectivity index (χ0n) is 14.1. The van der Waals surface area contributed by atoms with Gasteiger partial charge in [0.15, 0.2) is 0 Å². The Balaban J connectivity index is 0. The van der Waals surface area contributed by atoms with Crippen LogP contribution < -0.4 is 0 Å². The molecular weight excluding hydrogens is 240 g/mol. The van der Waals surface area contributed by atoms with E-state index in [2.05, 4.69) is 9.80 Å². The molecule has 19 heavy (non-hydrogen) atoms. The van der Waals surface area contributed by atoms with E-state index in [1.165, 1.54) is 0 Å². The SMILES string of the molecule is CC.CC.CCOCCN1CCN(CCOC)CC1. The van der Waals surface area contributed by atoms with E-state index in [0.717, 1.165) is 59.1 Å². The molecule has 0 bridgehead atoms. The smallest absolute Gasteiger partial charge is 0.0593 e. The quantitative estimate of drug-likeness (QED) is 0.666. The number of hydrogen-bond donors (Lipinski definition) is 0. The molecule has 0 amide bonds. The Bertz CT molecular complexity index is 149. The highest BCUT2D eigenvalue weighted by atomic mass is 16.5. The molecule has 1 rings (SSSR count). The molecule has 0 aromatic carbocycles. The van der Waals surface area contributed by atoms with Crippen LogP contribution in [0.4, 0.5) is 0 Å². The van der Waals surface area contributed by atoms with E-state index < -0.39 is 0 Å². The average Bonchev–Trinajstić information content (AvgIpc) is 2.51. The summed E-state index contributed by atoms with van der Waals surface area (Å²) in [5.41, 5.74) is 0. The lowest BCUT2D eigenvalue weighted by Crippen LogP contribution is -2.48. The lowest BCUT2D eigenvalue weighted by molar-refractivity contribution is 0.0689. The van der Waals surface area contributed by atoms with Gasteiger partial charge in [0, 0.05) is 53.0 Å². The minimum absolute atomic E-state index is 0.827. The van der Waals surface area contributed by atoms with Crippen molar-refractivity contribution in [1.82, 2.24) is 9.80 Å². The second-order valence-electron chi connectivity index (χ2n) is 3.87. The number of methoxy groups -OCH3 is 1. The Morgan fingerprint density at radius 2 is 1.21 bits per heavy atom. The molecular formula is C15H36N2O2. The van der Waals surface area contributed by atoms with Gasteiger partial charge in [0.05, 0.1) is 13.2 Å². The molecule has 0 atom stereocenters. The fraction of sp³-hybridized carbons (Fsp3) is 1.00. The van der Waals surface area contributed by atoms with Crippen LogP contribution in [-0.4, -0.2) is 76.0 Å². The lowest BCUT2D eigenvalue weighted by atomic mass is 10.3. The maximum atomic E-state index is 5.35. The Kier molecular flexibility index (Phi) is 19.9. The maximum absolute atomic E-state index is 5.35.